The average Bonchev–Trinajstić information content (AvgIpc) is 3.30. The number of hydrogen-bond donors (Lipinski definition) is 0. The van der Waals surface area contributed by atoms with E-state index >= 15 is 0 Å². The number of allylic oxidation sites excluding steroid dienone is 1. The van der Waals surface area contributed by atoms with Crippen molar-refractivity contribution in [2.24, 2.45) is 4.99 Å². The van der Waals surface area contributed by atoms with Crippen molar-refractivity contribution in [2.75, 3.05) is 20.8 Å². The summed E-state index contributed by atoms with van der Waals surface area (Å²) in [6.07, 6.45) is 1.79. The topological polar surface area (TPSA) is 88.4 Å². The van der Waals surface area contributed by atoms with Crippen molar-refractivity contribution in [3.05, 3.63) is 112 Å². The normalized spacial score (nSPS) is 14.5. The van der Waals surface area contributed by atoms with E-state index in [4.69, 9.17) is 47.1 Å². The molecule has 0 saturated carbocycles. The monoisotopic (exact) mass is 968 g/mol. The van der Waals surface area contributed by atoms with Crippen LogP contribution in [0, 0.1) is 7.14 Å². The van der Waals surface area contributed by atoms with Gasteiger partial charge in [-0.2, -0.15) is 0 Å². The maximum Gasteiger partial charge on any atom is 0.338 e. The van der Waals surface area contributed by atoms with Crippen LogP contribution in [0.25, 0.3) is 6.08 Å². The maximum absolute atomic E-state index is 14.3. The molecule has 0 amide bonds. The summed E-state index contributed by atoms with van der Waals surface area (Å²) in [6, 6.07) is 11.8. The van der Waals surface area contributed by atoms with Crippen LogP contribution < -0.4 is 29.1 Å². The van der Waals surface area contributed by atoms with Crippen LogP contribution in [0.4, 0.5) is 0 Å². The van der Waals surface area contributed by atoms with Gasteiger partial charge in [0.15, 0.2) is 16.3 Å². The van der Waals surface area contributed by atoms with Gasteiger partial charge in [-0.05, 0) is 107 Å². The van der Waals surface area contributed by atoms with Gasteiger partial charge in [0.1, 0.15) is 12.4 Å². The van der Waals surface area contributed by atoms with E-state index in [0.29, 0.717) is 57.9 Å². The first-order valence-corrected chi connectivity index (χ1v) is 18.2. The summed E-state index contributed by atoms with van der Waals surface area (Å²) < 4.78 is 27.2. The zero-order valence-corrected chi connectivity index (χ0v) is 33.0. The molecular weight excluding hydrogens is 945 g/mol. The Hall–Kier alpha value is -2.11. The van der Waals surface area contributed by atoms with Crippen LogP contribution in [0.2, 0.25) is 10.0 Å². The van der Waals surface area contributed by atoms with Crippen molar-refractivity contribution >= 4 is 108 Å². The fourth-order valence-electron chi connectivity index (χ4n) is 4.93. The Bertz CT molecular complexity index is 2080. The van der Waals surface area contributed by atoms with Gasteiger partial charge >= 0.3 is 5.97 Å². The highest BCUT2D eigenvalue weighted by Crippen LogP contribution is 2.41. The van der Waals surface area contributed by atoms with Crippen molar-refractivity contribution in [1.29, 1.82) is 0 Å². The molecular formula is C32H25BrCl2I2N2O6S. The first-order chi connectivity index (χ1) is 22.0. The highest BCUT2D eigenvalue weighted by Gasteiger charge is 2.35. The van der Waals surface area contributed by atoms with Crippen molar-refractivity contribution < 1.29 is 23.7 Å². The fraction of sp³-hybridized carbons (Fsp3) is 0.219. The SMILES string of the molecule is CCOC(=O)C1=C(C)N=c2s/c(=C\c3cc(I)cc(I)c3OCc3ccc(Cl)cc3Cl)c(=O)n2[C@H]1c1cc(OC)c(OC)cc1Br. The number of esters is 1. The standard InChI is InChI=1S/C32H25BrCl2I2N2O6S/c1-5-44-31(41)27-15(2)38-32-39(28(27)20-12-24(42-3)25(43-4)13-21(20)33)30(40)26(46-32)9-17-8-19(36)11-23(37)29(17)45-14-16-6-7-18(34)10-22(16)35/h6-13,28H,5,14H2,1-4H3/b26-9-/t28-/m0/s1. The number of ether oxygens (including phenoxy) is 4. The highest BCUT2D eigenvalue weighted by atomic mass is 127. The van der Waals surface area contributed by atoms with Crippen LogP contribution in [0.15, 0.2) is 68.0 Å². The number of carbonyl (C=O) groups excluding carboxylic acids is 1. The molecule has 0 radical (unpaired) electrons. The van der Waals surface area contributed by atoms with E-state index in [1.807, 2.05) is 18.2 Å². The lowest BCUT2D eigenvalue weighted by Gasteiger charge is -2.26. The summed E-state index contributed by atoms with van der Waals surface area (Å²) >= 11 is 21.8. The minimum atomic E-state index is -0.856. The molecule has 14 heteroatoms. The number of aromatic nitrogens is 1. The summed E-state index contributed by atoms with van der Waals surface area (Å²) in [5.74, 6) is 0.968. The van der Waals surface area contributed by atoms with Gasteiger partial charge in [0.25, 0.3) is 5.56 Å². The maximum atomic E-state index is 14.3. The summed E-state index contributed by atoms with van der Waals surface area (Å²) in [6.45, 7) is 3.83. The van der Waals surface area contributed by atoms with Gasteiger partial charge in [-0.3, -0.25) is 9.36 Å². The number of rotatable bonds is 9. The number of benzene rings is 3. The molecule has 2 heterocycles. The lowest BCUT2D eigenvalue weighted by Crippen LogP contribution is -2.40. The van der Waals surface area contributed by atoms with Gasteiger partial charge in [-0.25, -0.2) is 9.79 Å². The number of nitrogens with zero attached hydrogens (tertiary/aromatic N) is 2. The molecule has 46 heavy (non-hydrogen) atoms. The third-order valence-corrected chi connectivity index (χ3v) is 10.7. The van der Waals surface area contributed by atoms with Gasteiger partial charge in [0, 0.05) is 29.2 Å². The molecule has 3 aromatic carbocycles. The molecule has 0 spiro atoms. The zero-order valence-electron chi connectivity index (χ0n) is 24.8. The molecule has 0 saturated heterocycles. The van der Waals surface area contributed by atoms with Crippen molar-refractivity contribution in [3.8, 4) is 17.2 Å². The van der Waals surface area contributed by atoms with E-state index in [2.05, 4.69) is 61.1 Å². The summed E-state index contributed by atoms with van der Waals surface area (Å²) in [5.41, 5.74) is 2.46. The second kappa shape index (κ2) is 15.0. The van der Waals surface area contributed by atoms with E-state index in [1.54, 1.807) is 44.2 Å². The van der Waals surface area contributed by atoms with E-state index < -0.39 is 12.0 Å². The van der Waals surface area contributed by atoms with E-state index in [-0.39, 0.29) is 24.3 Å². The summed E-state index contributed by atoms with van der Waals surface area (Å²) in [4.78, 5) is 32.8. The number of fused-ring (bicyclic) bond motifs is 1. The number of hydrogen-bond acceptors (Lipinski definition) is 8. The first-order valence-electron chi connectivity index (χ1n) is 13.6. The summed E-state index contributed by atoms with van der Waals surface area (Å²) in [7, 11) is 3.06. The fourth-order valence-corrected chi connectivity index (χ4v) is 9.02. The second-order valence-corrected chi connectivity index (χ2v) is 15.0. The minimum Gasteiger partial charge on any atom is -0.493 e. The van der Waals surface area contributed by atoms with Crippen molar-refractivity contribution in [1.82, 2.24) is 4.57 Å². The largest absolute Gasteiger partial charge is 0.493 e. The number of thiazole rings is 1. The molecule has 1 atom stereocenters. The van der Waals surface area contributed by atoms with Gasteiger partial charge in [-0.1, -0.05) is 56.5 Å². The van der Waals surface area contributed by atoms with Gasteiger partial charge in [0.05, 0.1) is 46.2 Å². The number of methoxy groups -OCH3 is 2. The molecule has 8 nitrogen and oxygen atoms in total. The van der Waals surface area contributed by atoms with Crippen molar-refractivity contribution in [3.63, 3.8) is 0 Å². The van der Waals surface area contributed by atoms with Crippen molar-refractivity contribution in [2.45, 2.75) is 26.5 Å². The van der Waals surface area contributed by atoms with Gasteiger partial charge < -0.3 is 18.9 Å². The Morgan fingerprint density at radius 3 is 2.50 bits per heavy atom. The minimum absolute atomic E-state index is 0.162. The molecule has 0 aliphatic carbocycles. The van der Waals surface area contributed by atoms with E-state index in [1.165, 1.54) is 30.1 Å². The molecule has 4 aromatic rings. The van der Waals surface area contributed by atoms with Crippen LogP contribution in [0.5, 0.6) is 17.2 Å². The summed E-state index contributed by atoms with van der Waals surface area (Å²) in [5, 5.41) is 1.03. The lowest BCUT2D eigenvalue weighted by molar-refractivity contribution is -0.139. The van der Waals surface area contributed by atoms with Crippen LogP contribution in [-0.2, 0) is 16.1 Å². The number of halogens is 5. The first kappa shape index (κ1) is 35.2. The molecule has 1 aromatic heterocycles. The Balaban J connectivity index is 1.69. The zero-order chi connectivity index (χ0) is 33.3. The molecule has 0 bridgehead atoms. The molecule has 1 aliphatic rings. The Morgan fingerprint density at radius 2 is 1.83 bits per heavy atom. The predicted molar refractivity (Wildman–Crippen MR) is 200 cm³/mol. The van der Waals surface area contributed by atoms with Crippen LogP contribution in [0.1, 0.15) is 36.6 Å². The quantitative estimate of drug-likeness (QED) is 0.127. The Labute approximate surface area is 314 Å². The molecule has 1 aliphatic heterocycles. The molecule has 0 fully saturated rings. The second-order valence-electron chi connectivity index (χ2n) is 9.86. The van der Waals surface area contributed by atoms with Gasteiger partial charge in [-0.15, -0.1) is 0 Å². The molecule has 0 unspecified atom stereocenters. The average molecular weight is 970 g/mol. The third kappa shape index (κ3) is 7.16. The van der Waals surface area contributed by atoms with Crippen LogP contribution in [-0.4, -0.2) is 31.4 Å². The Kier molecular flexibility index (Phi) is 11.5. The Morgan fingerprint density at radius 1 is 1.11 bits per heavy atom. The molecule has 5 rings (SSSR count). The van der Waals surface area contributed by atoms with Crippen LogP contribution in [0.3, 0.4) is 0 Å². The highest BCUT2D eigenvalue weighted by molar-refractivity contribution is 14.1. The third-order valence-electron chi connectivity index (χ3n) is 7.03. The van der Waals surface area contributed by atoms with E-state index in [9.17, 15) is 9.59 Å². The number of carbonyl (C=O) groups is 1. The molecule has 240 valence electrons. The van der Waals surface area contributed by atoms with E-state index in [0.717, 1.165) is 12.7 Å². The van der Waals surface area contributed by atoms with Gasteiger partial charge in [0.2, 0.25) is 0 Å². The molecule has 0 N–H and O–H groups in total. The predicted octanol–water partition coefficient (Wildman–Crippen LogP) is 7.67. The lowest BCUT2D eigenvalue weighted by atomic mass is 9.95. The van der Waals surface area contributed by atoms with Crippen LogP contribution >= 0.6 is 95.7 Å². The smallest absolute Gasteiger partial charge is 0.338 e.